The summed E-state index contributed by atoms with van der Waals surface area (Å²) in [5.41, 5.74) is 2.79. The van der Waals surface area contributed by atoms with Crippen LogP contribution in [0.25, 0.3) is 0 Å². The molecule has 2 aromatic carbocycles. The largest absolute Gasteiger partial charge is 0.484 e. The molecule has 0 bridgehead atoms. The third kappa shape index (κ3) is 4.42. The van der Waals surface area contributed by atoms with Crippen molar-refractivity contribution in [3.63, 3.8) is 0 Å². The van der Waals surface area contributed by atoms with Crippen molar-refractivity contribution in [1.29, 1.82) is 0 Å². The van der Waals surface area contributed by atoms with Gasteiger partial charge in [0.2, 0.25) is 5.91 Å². The second-order valence-electron chi connectivity index (χ2n) is 6.76. The van der Waals surface area contributed by atoms with Gasteiger partial charge in [0.1, 0.15) is 5.75 Å². The summed E-state index contributed by atoms with van der Waals surface area (Å²) in [6, 6.07) is 15.1. The number of hydrogen-bond donors (Lipinski definition) is 1. The summed E-state index contributed by atoms with van der Waals surface area (Å²) < 4.78 is 5.53. The molecule has 136 valence electrons. The third-order valence-corrected chi connectivity index (χ3v) is 4.45. The quantitative estimate of drug-likeness (QED) is 0.856. The van der Waals surface area contributed by atoms with Crippen molar-refractivity contribution in [2.24, 2.45) is 0 Å². The number of amides is 2. The van der Waals surface area contributed by atoms with Crippen molar-refractivity contribution in [3.8, 4) is 5.75 Å². The number of carbonyl (C=O) groups is 2. The van der Waals surface area contributed by atoms with E-state index in [0.29, 0.717) is 23.8 Å². The number of hydrogen-bond acceptors (Lipinski definition) is 3. The fourth-order valence-electron chi connectivity index (χ4n) is 2.94. The molecule has 0 radical (unpaired) electrons. The van der Waals surface area contributed by atoms with Crippen LogP contribution in [-0.4, -0.2) is 25.0 Å². The highest BCUT2D eigenvalue weighted by Gasteiger charge is 2.21. The van der Waals surface area contributed by atoms with Gasteiger partial charge in [0.25, 0.3) is 5.91 Å². The van der Waals surface area contributed by atoms with Crippen LogP contribution in [0.3, 0.4) is 0 Å². The van der Waals surface area contributed by atoms with E-state index < -0.39 is 0 Å². The predicted octanol–water partition coefficient (Wildman–Crippen LogP) is 3.95. The molecule has 0 saturated carbocycles. The van der Waals surface area contributed by atoms with Gasteiger partial charge in [-0.3, -0.25) is 9.59 Å². The van der Waals surface area contributed by atoms with Gasteiger partial charge in [-0.25, -0.2) is 0 Å². The van der Waals surface area contributed by atoms with Crippen LogP contribution in [0.1, 0.15) is 38.2 Å². The standard InChI is InChI=1S/C21H24N2O3/c1-15(2)16-5-11-19(12-6-16)26-14-20(24)22-17-7-9-18(10-8-17)23-13-3-4-21(23)25/h5-12,15H,3-4,13-14H2,1-2H3,(H,22,24). The lowest BCUT2D eigenvalue weighted by atomic mass is 10.0. The first-order valence-corrected chi connectivity index (χ1v) is 8.96. The van der Waals surface area contributed by atoms with E-state index in [1.807, 2.05) is 36.4 Å². The molecule has 1 saturated heterocycles. The van der Waals surface area contributed by atoms with Crippen LogP contribution in [-0.2, 0) is 9.59 Å². The second-order valence-corrected chi connectivity index (χ2v) is 6.76. The molecule has 1 fully saturated rings. The van der Waals surface area contributed by atoms with Crippen molar-refractivity contribution < 1.29 is 14.3 Å². The van der Waals surface area contributed by atoms with Gasteiger partial charge in [0.15, 0.2) is 6.61 Å². The number of ether oxygens (including phenoxy) is 1. The molecule has 5 nitrogen and oxygen atoms in total. The second kappa shape index (κ2) is 8.04. The molecule has 0 spiro atoms. The molecule has 1 aliphatic heterocycles. The Hall–Kier alpha value is -2.82. The number of anilines is 2. The zero-order chi connectivity index (χ0) is 18.5. The first kappa shape index (κ1) is 18.0. The zero-order valence-electron chi connectivity index (χ0n) is 15.2. The highest BCUT2D eigenvalue weighted by atomic mass is 16.5. The summed E-state index contributed by atoms with van der Waals surface area (Å²) in [5, 5.41) is 2.80. The molecule has 0 aromatic heterocycles. The molecular formula is C21H24N2O3. The van der Waals surface area contributed by atoms with Crippen molar-refractivity contribution in [3.05, 3.63) is 54.1 Å². The highest BCUT2D eigenvalue weighted by molar-refractivity contribution is 5.96. The van der Waals surface area contributed by atoms with E-state index in [1.54, 1.807) is 17.0 Å². The van der Waals surface area contributed by atoms with Crippen molar-refractivity contribution in [2.75, 3.05) is 23.4 Å². The molecule has 1 heterocycles. The average Bonchev–Trinajstić information content (AvgIpc) is 3.07. The van der Waals surface area contributed by atoms with Gasteiger partial charge in [-0.2, -0.15) is 0 Å². The fourth-order valence-corrected chi connectivity index (χ4v) is 2.94. The smallest absolute Gasteiger partial charge is 0.262 e. The maximum Gasteiger partial charge on any atom is 0.262 e. The first-order valence-electron chi connectivity index (χ1n) is 8.96. The van der Waals surface area contributed by atoms with Gasteiger partial charge in [-0.15, -0.1) is 0 Å². The van der Waals surface area contributed by atoms with Crippen LogP contribution in [0.2, 0.25) is 0 Å². The van der Waals surface area contributed by atoms with Crippen molar-refractivity contribution >= 4 is 23.2 Å². The predicted molar refractivity (Wildman–Crippen MR) is 103 cm³/mol. The normalized spacial score (nSPS) is 14.0. The number of benzene rings is 2. The average molecular weight is 352 g/mol. The van der Waals surface area contributed by atoms with Crippen LogP contribution in [0.5, 0.6) is 5.75 Å². The van der Waals surface area contributed by atoms with Gasteiger partial charge in [-0.1, -0.05) is 26.0 Å². The fraction of sp³-hybridized carbons (Fsp3) is 0.333. The van der Waals surface area contributed by atoms with Crippen molar-refractivity contribution in [1.82, 2.24) is 0 Å². The Labute approximate surface area is 154 Å². The van der Waals surface area contributed by atoms with Gasteiger partial charge in [-0.05, 0) is 54.3 Å². The summed E-state index contributed by atoms with van der Waals surface area (Å²) in [6.07, 6.45) is 1.50. The van der Waals surface area contributed by atoms with Crippen LogP contribution in [0.4, 0.5) is 11.4 Å². The minimum atomic E-state index is -0.220. The number of nitrogens with one attached hydrogen (secondary N) is 1. The minimum absolute atomic E-state index is 0.0482. The minimum Gasteiger partial charge on any atom is -0.484 e. The van der Waals surface area contributed by atoms with Crippen LogP contribution < -0.4 is 15.0 Å². The first-order chi connectivity index (χ1) is 12.5. The van der Waals surface area contributed by atoms with Gasteiger partial charge >= 0.3 is 0 Å². The molecular weight excluding hydrogens is 328 g/mol. The molecule has 1 aliphatic rings. The van der Waals surface area contributed by atoms with Gasteiger partial charge < -0.3 is 15.0 Å². The molecule has 3 rings (SSSR count). The third-order valence-electron chi connectivity index (χ3n) is 4.45. The Balaban J connectivity index is 1.50. The van der Waals surface area contributed by atoms with Gasteiger partial charge in [0.05, 0.1) is 0 Å². The van der Waals surface area contributed by atoms with E-state index in [2.05, 4.69) is 19.2 Å². The summed E-state index contributed by atoms with van der Waals surface area (Å²) in [5.74, 6) is 1.07. The summed E-state index contributed by atoms with van der Waals surface area (Å²) >= 11 is 0. The lowest BCUT2D eigenvalue weighted by molar-refractivity contribution is -0.118. The van der Waals surface area contributed by atoms with Crippen molar-refractivity contribution in [2.45, 2.75) is 32.6 Å². The van der Waals surface area contributed by atoms with E-state index in [9.17, 15) is 9.59 Å². The van der Waals surface area contributed by atoms with Crippen LogP contribution in [0, 0.1) is 0 Å². The summed E-state index contributed by atoms with van der Waals surface area (Å²) in [7, 11) is 0. The SMILES string of the molecule is CC(C)c1ccc(OCC(=O)Nc2ccc(N3CCCC3=O)cc2)cc1. The Bertz CT molecular complexity index is 767. The number of rotatable bonds is 6. The lowest BCUT2D eigenvalue weighted by Crippen LogP contribution is -2.23. The Morgan fingerprint density at radius 2 is 1.81 bits per heavy atom. The lowest BCUT2D eigenvalue weighted by Gasteiger charge is -2.16. The highest BCUT2D eigenvalue weighted by Crippen LogP contribution is 2.23. The molecule has 0 aliphatic carbocycles. The van der Waals surface area contributed by atoms with E-state index in [-0.39, 0.29) is 18.4 Å². The Morgan fingerprint density at radius 1 is 1.12 bits per heavy atom. The molecule has 1 N–H and O–H groups in total. The molecule has 26 heavy (non-hydrogen) atoms. The van der Waals surface area contributed by atoms with Crippen LogP contribution in [0.15, 0.2) is 48.5 Å². The molecule has 2 amide bonds. The van der Waals surface area contributed by atoms with E-state index >= 15 is 0 Å². The molecule has 0 unspecified atom stereocenters. The molecule has 2 aromatic rings. The topological polar surface area (TPSA) is 58.6 Å². The number of carbonyl (C=O) groups excluding carboxylic acids is 2. The molecule has 0 atom stereocenters. The van der Waals surface area contributed by atoms with Gasteiger partial charge in [0, 0.05) is 24.3 Å². The number of nitrogens with zero attached hydrogens (tertiary/aromatic N) is 1. The summed E-state index contributed by atoms with van der Waals surface area (Å²) in [6.45, 7) is 4.98. The van der Waals surface area contributed by atoms with Crippen LogP contribution >= 0.6 is 0 Å². The summed E-state index contributed by atoms with van der Waals surface area (Å²) in [4.78, 5) is 25.6. The van der Waals surface area contributed by atoms with E-state index in [4.69, 9.17) is 4.74 Å². The maximum absolute atomic E-state index is 12.1. The Morgan fingerprint density at radius 3 is 2.38 bits per heavy atom. The van der Waals surface area contributed by atoms with E-state index in [1.165, 1.54) is 5.56 Å². The monoisotopic (exact) mass is 352 g/mol. The zero-order valence-corrected chi connectivity index (χ0v) is 15.2. The Kier molecular flexibility index (Phi) is 5.56. The molecule has 5 heteroatoms. The van der Waals surface area contributed by atoms with E-state index in [0.717, 1.165) is 18.7 Å². The maximum atomic E-state index is 12.1.